The minimum Gasteiger partial charge on any atom is -0.469 e. The summed E-state index contributed by atoms with van der Waals surface area (Å²) >= 11 is 0. The van der Waals surface area contributed by atoms with Crippen LogP contribution in [0.25, 0.3) is 0 Å². The third kappa shape index (κ3) is 3.00. The second kappa shape index (κ2) is 5.67. The summed E-state index contributed by atoms with van der Waals surface area (Å²) < 4.78 is 10.1. The van der Waals surface area contributed by atoms with Crippen LogP contribution >= 0.6 is 0 Å². The summed E-state index contributed by atoms with van der Waals surface area (Å²) in [7, 11) is 1.38. The molecule has 1 saturated carbocycles. The monoisotopic (exact) mass is 256 g/mol. The molecule has 1 atom stereocenters. The van der Waals surface area contributed by atoms with E-state index < -0.39 is 5.41 Å². The van der Waals surface area contributed by atoms with Gasteiger partial charge in [0.25, 0.3) is 0 Å². The molecule has 2 N–H and O–H groups in total. The van der Waals surface area contributed by atoms with Crippen LogP contribution in [-0.4, -0.2) is 51.8 Å². The fraction of sp³-hybridized carbons (Fsp3) is 0.833. The largest absolute Gasteiger partial charge is 0.469 e. The van der Waals surface area contributed by atoms with Gasteiger partial charge in [-0.1, -0.05) is 0 Å². The number of hydrogen-bond acceptors (Lipinski definition) is 5. The van der Waals surface area contributed by atoms with E-state index in [1.807, 2.05) is 0 Å². The summed E-state index contributed by atoms with van der Waals surface area (Å²) in [6.07, 6.45) is 1.58. The summed E-state index contributed by atoms with van der Waals surface area (Å²) in [5.41, 5.74) is -0.469. The minimum atomic E-state index is -0.469. The van der Waals surface area contributed by atoms with Gasteiger partial charge in [-0.15, -0.1) is 0 Å². The Morgan fingerprint density at radius 2 is 2.28 bits per heavy atom. The predicted molar refractivity (Wildman–Crippen MR) is 63.9 cm³/mol. The third-order valence-corrected chi connectivity index (χ3v) is 3.58. The van der Waals surface area contributed by atoms with Crippen molar-refractivity contribution in [1.29, 1.82) is 0 Å². The number of methoxy groups -OCH3 is 1. The fourth-order valence-electron chi connectivity index (χ4n) is 2.09. The second-order valence-corrected chi connectivity index (χ2v) is 4.97. The standard InChI is InChI=1S/C12H20N2O4/c1-17-11(16)12(2-3-12)8-14-10(15)9-6-13-4-5-18-7-9/h9,13H,2-8H2,1H3,(H,14,15). The molecule has 102 valence electrons. The molecule has 1 heterocycles. The molecule has 2 rings (SSSR count). The Kier molecular flexibility index (Phi) is 4.19. The molecule has 6 heteroatoms. The Balaban J connectivity index is 1.79. The lowest BCUT2D eigenvalue weighted by Gasteiger charge is -2.17. The highest BCUT2D eigenvalue weighted by Gasteiger charge is 2.51. The van der Waals surface area contributed by atoms with Crippen molar-refractivity contribution in [2.45, 2.75) is 12.8 Å². The molecule has 1 unspecified atom stereocenters. The summed E-state index contributed by atoms with van der Waals surface area (Å²) in [6, 6.07) is 0. The first-order chi connectivity index (χ1) is 8.68. The molecular formula is C12H20N2O4. The number of rotatable bonds is 4. The van der Waals surface area contributed by atoms with Gasteiger partial charge in [0.15, 0.2) is 0 Å². The highest BCUT2D eigenvalue weighted by Crippen LogP contribution is 2.46. The predicted octanol–water partition coefficient (Wildman–Crippen LogP) is -0.708. The van der Waals surface area contributed by atoms with Crippen LogP contribution in [0.1, 0.15) is 12.8 Å². The van der Waals surface area contributed by atoms with Crippen molar-refractivity contribution >= 4 is 11.9 Å². The van der Waals surface area contributed by atoms with E-state index in [1.54, 1.807) is 0 Å². The van der Waals surface area contributed by atoms with Crippen LogP contribution in [0.2, 0.25) is 0 Å². The van der Waals surface area contributed by atoms with E-state index in [0.717, 1.165) is 19.4 Å². The van der Waals surface area contributed by atoms with E-state index in [0.29, 0.717) is 26.3 Å². The van der Waals surface area contributed by atoms with Gasteiger partial charge in [-0.3, -0.25) is 9.59 Å². The third-order valence-electron chi connectivity index (χ3n) is 3.58. The van der Waals surface area contributed by atoms with Gasteiger partial charge in [0.05, 0.1) is 31.7 Å². The first-order valence-electron chi connectivity index (χ1n) is 6.32. The van der Waals surface area contributed by atoms with Crippen LogP contribution in [-0.2, 0) is 19.1 Å². The molecule has 0 aromatic heterocycles. The highest BCUT2D eigenvalue weighted by atomic mass is 16.5. The van der Waals surface area contributed by atoms with Crippen LogP contribution in [0.3, 0.4) is 0 Å². The number of ether oxygens (including phenoxy) is 2. The van der Waals surface area contributed by atoms with Crippen LogP contribution < -0.4 is 10.6 Å². The van der Waals surface area contributed by atoms with Crippen molar-refractivity contribution < 1.29 is 19.1 Å². The zero-order valence-corrected chi connectivity index (χ0v) is 10.7. The molecule has 2 fully saturated rings. The number of carbonyl (C=O) groups excluding carboxylic acids is 2. The molecule has 1 aliphatic heterocycles. The highest BCUT2D eigenvalue weighted by molar-refractivity contribution is 5.83. The van der Waals surface area contributed by atoms with Crippen molar-refractivity contribution in [3.05, 3.63) is 0 Å². The Hall–Kier alpha value is -1.14. The van der Waals surface area contributed by atoms with Gasteiger partial charge in [0.2, 0.25) is 5.91 Å². The maximum Gasteiger partial charge on any atom is 0.313 e. The number of hydrogen-bond donors (Lipinski definition) is 2. The average molecular weight is 256 g/mol. The topological polar surface area (TPSA) is 76.7 Å². The van der Waals surface area contributed by atoms with E-state index in [1.165, 1.54) is 7.11 Å². The minimum absolute atomic E-state index is 0.0559. The molecule has 18 heavy (non-hydrogen) atoms. The quantitative estimate of drug-likeness (QED) is 0.650. The van der Waals surface area contributed by atoms with E-state index in [-0.39, 0.29) is 17.8 Å². The molecule has 1 amide bonds. The van der Waals surface area contributed by atoms with Crippen molar-refractivity contribution in [2.75, 3.05) is 40.0 Å². The summed E-state index contributed by atoms with van der Waals surface area (Å²) in [5.74, 6) is -0.460. The van der Waals surface area contributed by atoms with Gasteiger partial charge < -0.3 is 20.1 Å². The smallest absolute Gasteiger partial charge is 0.313 e. The lowest BCUT2D eigenvalue weighted by Crippen LogP contribution is -2.41. The molecular weight excluding hydrogens is 236 g/mol. The number of amides is 1. The Bertz CT molecular complexity index is 320. The molecule has 0 aromatic carbocycles. The Labute approximate surface area is 106 Å². The molecule has 1 saturated heterocycles. The van der Waals surface area contributed by atoms with Gasteiger partial charge in [0.1, 0.15) is 0 Å². The molecule has 0 aromatic rings. The number of carbonyl (C=O) groups is 2. The normalized spacial score (nSPS) is 25.9. The van der Waals surface area contributed by atoms with Crippen LogP contribution in [0.15, 0.2) is 0 Å². The number of nitrogens with one attached hydrogen (secondary N) is 2. The lowest BCUT2D eigenvalue weighted by atomic mass is 10.1. The van der Waals surface area contributed by atoms with Crippen LogP contribution in [0, 0.1) is 11.3 Å². The maximum atomic E-state index is 12.0. The average Bonchev–Trinajstić information content (AvgIpc) is 3.19. The molecule has 0 spiro atoms. The molecule has 6 nitrogen and oxygen atoms in total. The lowest BCUT2D eigenvalue weighted by molar-refractivity contribution is -0.147. The van der Waals surface area contributed by atoms with Gasteiger partial charge >= 0.3 is 5.97 Å². The van der Waals surface area contributed by atoms with Crippen molar-refractivity contribution in [2.24, 2.45) is 11.3 Å². The van der Waals surface area contributed by atoms with Crippen LogP contribution in [0.5, 0.6) is 0 Å². The Morgan fingerprint density at radius 3 is 2.94 bits per heavy atom. The van der Waals surface area contributed by atoms with Gasteiger partial charge in [0, 0.05) is 19.6 Å². The molecule has 0 bridgehead atoms. The van der Waals surface area contributed by atoms with Crippen LogP contribution in [0.4, 0.5) is 0 Å². The first kappa shape index (κ1) is 13.3. The van der Waals surface area contributed by atoms with Crippen molar-refractivity contribution in [3.8, 4) is 0 Å². The van der Waals surface area contributed by atoms with Gasteiger partial charge in [-0.25, -0.2) is 0 Å². The summed E-state index contributed by atoms with van der Waals surface area (Å²) in [6.45, 7) is 2.84. The van der Waals surface area contributed by atoms with E-state index in [4.69, 9.17) is 9.47 Å². The van der Waals surface area contributed by atoms with E-state index in [2.05, 4.69) is 10.6 Å². The Morgan fingerprint density at radius 1 is 1.50 bits per heavy atom. The second-order valence-electron chi connectivity index (χ2n) is 4.97. The molecule has 0 radical (unpaired) electrons. The van der Waals surface area contributed by atoms with E-state index in [9.17, 15) is 9.59 Å². The van der Waals surface area contributed by atoms with E-state index >= 15 is 0 Å². The zero-order valence-electron chi connectivity index (χ0n) is 10.7. The van der Waals surface area contributed by atoms with Crippen molar-refractivity contribution in [1.82, 2.24) is 10.6 Å². The zero-order chi connectivity index (χ0) is 13.0. The molecule has 2 aliphatic rings. The summed E-state index contributed by atoms with van der Waals surface area (Å²) in [5, 5.41) is 5.99. The first-order valence-corrected chi connectivity index (χ1v) is 6.32. The van der Waals surface area contributed by atoms with Gasteiger partial charge in [-0.2, -0.15) is 0 Å². The number of esters is 1. The summed E-state index contributed by atoms with van der Waals surface area (Å²) in [4.78, 5) is 23.5. The maximum absolute atomic E-state index is 12.0. The van der Waals surface area contributed by atoms with Crippen molar-refractivity contribution in [3.63, 3.8) is 0 Å². The SMILES string of the molecule is COC(=O)C1(CNC(=O)C2CNCCOC2)CC1. The van der Waals surface area contributed by atoms with Gasteiger partial charge in [-0.05, 0) is 12.8 Å². The molecule has 1 aliphatic carbocycles. The fourth-order valence-corrected chi connectivity index (χ4v) is 2.09.